The molecule has 0 fully saturated rings. The van der Waals surface area contributed by atoms with E-state index in [0.717, 1.165) is 0 Å². The molecule has 0 bridgehead atoms. The molecule has 0 aromatic heterocycles. The van der Waals surface area contributed by atoms with Crippen molar-refractivity contribution >= 4 is 16.1 Å². The van der Waals surface area contributed by atoms with Gasteiger partial charge in [-0.2, -0.15) is 8.42 Å². The Bertz CT molecular complexity index is 371. The van der Waals surface area contributed by atoms with Crippen LogP contribution in [0.2, 0.25) is 0 Å². The molecule has 8 heteroatoms. The third-order valence-electron chi connectivity index (χ3n) is 2.07. The summed E-state index contributed by atoms with van der Waals surface area (Å²) in [5, 5.41) is 7.89. The van der Waals surface area contributed by atoms with E-state index in [2.05, 4.69) is 58.4 Å². The highest BCUT2D eigenvalue weighted by atomic mass is 32.2. The van der Waals surface area contributed by atoms with Crippen molar-refractivity contribution in [3.05, 3.63) is 12.2 Å². The van der Waals surface area contributed by atoms with Gasteiger partial charge < -0.3 is 14.9 Å². The van der Waals surface area contributed by atoms with Crippen molar-refractivity contribution in [1.29, 1.82) is 0 Å². The fourth-order valence-corrected chi connectivity index (χ4v) is 0.894. The van der Waals surface area contributed by atoms with Crippen LogP contribution in [0.5, 0.6) is 0 Å². The van der Waals surface area contributed by atoms with Gasteiger partial charge in [-0.05, 0) is 68.0 Å². The molecule has 0 atom stereocenters. The van der Waals surface area contributed by atoms with Gasteiger partial charge in [-0.1, -0.05) is 20.4 Å². The van der Waals surface area contributed by atoms with E-state index in [1.807, 2.05) is 0 Å². The first-order valence-corrected chi connectivity index (χ1v) is 9.49. The summed E-state index contributed by atoms with van der Waals surface area (Å²) < 4.78 is 26.9. The molecule has 0 aromatic rings. The summed E-state index contributed by atoms with van der Waals surface area (Å²) in [7, 11) is 4.69. The minimum atomic E-state index is -3.66. The summed E-state index contributed by atoms with van der Waals surface area (Å²) in [5.74, 6) is -1.14. The van der Waals surface area contributed by atoms with E-state index >= 15 is 0 Å². The van der Waals surface area contributed by atoms with Crippen LogP contribution < -0.4 is 0 Å². The summed E-state index contributed by atoms with van der Waals surface area (Å²) in [6.45, 7) is 12.8. The van der Waals surface area contributed by atoms with Gasteiger partial charge in [0.15, 0.2) is 0 Å². The molecule has 7 nitrogen and oxygen atoms in total. The predicted octanol–water partition coefficient (Wildman–Crippen LogP) is 2.46. The number of carbonyl (C=O) groups is 1. The zero-order valence-electron chi connectivity index (χ0n) is 16.7. The molecule has 0 spiro atoms. The molecule has 0 heterocycles. The highest BCUT2D eigenvalue weighted by molar-refractivity contribution is 7.85. The predicted molar refractivity (Wildman–Crippen MR) is 102 cm³/mol. The zero-order chi connectivity index (χ0) is 20.3. The average Bonchev–Trinajstić information content (AvgIpc) is 2.39. The van der Waals surface area contributed by atoms with Crippen molar-refractivity contribution in [2.75, 3.05) is 47.0 Å². The lowest BCUT2D eigenvalue weighted by Gasteiger charge is -2.03. The number of aliphatic carboxylic acids is 1. The van der Waals surface area contributed by atoms with Gasteiger partial charge in [-0.3, -0.25) is 4.55 Å². The second kappa shape index (κ2) is 20.1. The van der Waals surface area contributed by atoms with Gasteiger partial charge in [-0.15, -0.1) is 0 Å². The Balaban J connectivity index is -0.000000111. The first kappa shape index (κ1) is 30.9. The van der Waals surface area contributed by atoms with E-state index in [4.69, 9.17) is 9.66 Å². The maximum absolute atomic E-state index is 9.60. The van der Waals surface area contributed by atoms with Gasteiger partial charge >= 0.3 is 5.97 Å². The molecular formula is C16H38N2O5S. The first-order chi connectivity index (χ1) is 10.7. The Labute approximate surface area is 149 Å². The van der Waals surface area contributed by atoms with Crippen molar-refractivity contribution in [1.82, 2.24) is 9.80 Å². The lowest BCUT2D eigenvalue weighted by molar-refractivity contribution is -0.132. The van der Waals surface area contributed by atoms with Crippen molar-refractivity contribution in [2.45, 2.75) is 40.5 Å². The maximum Gasteiger partial charge on any atom is 0.330 e. The van der Waals surface area contributed by atoms with Crippen LogP contribution in [0.15, 0.2) is 12.2 Å². The van der Waals surface area contributed by atoms with Crippen LogP contribution in [0, 0.1) is 0 Å². The number of carboxylic acid groups (broad SMARTS) is 1. The monoisotopic (exact) mass is 370 g/mol. The lowest BCUT2D eigenvalue weighted by Crippen LogP contribution is -2.11. The summed E-state index contributed by atoms with van der Waals surface area (Å²) in [4.78, 5) is 14.0. The molecule has 2 N–H and O–H groups in total. The fourth-order valence-electron chi connectivity index (χ4n) is 0.894. The van der Waals surface area contributed by atoms with Gasteiger partial charge in [0, 0.05) is 5.57 Å². The standard InChI is InChI=1S/2C5H13N.C4H6O2.C2H6O3S/c2*1-4-5-6(2)3;1-3(2)4(5)6;1-2-6(3,4)5/h2*4-5H2,1-3H3;1H2,2H3,(H,5,6);2H2,1H3,(H,3,4,5). The van der Waals surface area contributed by atoms with Gasteiger partial charge in [0.25, 0.3) is 10.1 Å². The molecule has 0 aliphatic carbocycles. The van der Waals surface area contributed by atoms with Crippen molar-refractivity contribution in [2.24, 2.45) is 0 Å². The number of carboxylic acids is 1. The van der Waals surface area contributed by atoms with Gasteiger partial charge in [0.1, 0.15) is 0 Å². The first-order valence-electron chi connectivity index (χ1n) is 7.88. The molecule has 0 unspecified atom stereocenters. The normalized spacial score (nSPS) is 9.79. The summed E-state index contributed by atoms with van der Waals surface area (Å²) in [6, 6.07) is 0. The number of nitrogens with zero attached hydrogens (tertiary/aromatic N) is 2. The van der Waals surface area contributed by atoms with Crippen LogP contribution >= 0.6 is 0 Å². The molecule has 148 valence electrons. The number of rotatable bonds is 6. The molecule has 0 saturated heterocycles. The smallest absolute Gasteiger partial charge is 0.330 e. The SMILES string of the molecule is C=C(C)C(=O)O.CCCN(C)C.CCCN(C)C.CCS(=O)(=O)O. The number of hydrogen-bond donors (Lipinski definition) is 2. The summed E-state index contributed by atoms with van der Waals surface area (Å²) in [5.41, 5.74) is 0.176. The number of hydrogen-bond acceptors (Lipinski definition) is 5. The van der Waals surface area contributed by atoms with Crippen molar-refractivity contribution < 1.29 is 22.9 Å². The largest absolute Gasteiger partial charge is 0.478 e. The Morgan fingerprint density at radius 1 is 0.958 bits per heavy atom. The Kier molecular flexibility index (Phi) is 25.8. The molecular weight excluding hydrogens is 332 g/mol. The van der Waals surface area contributed by atoms with E-state index < -0.39 is 16.1 Å². The summed E-state index contributed by atoms with van der Waals surface area (Å²) >= 11 is 0. The minimum Gasteiger partial charge on any atom is -0.478 e. The summed E-state index contributed by atoms with van der Waals surface area (Å²) in [6.07, 6.45) is 2.51. The zero-order valence-corrected chi connectivity index (χ0v) is 17.5. The molecule has 0 aliphatic rings. The van der Waals surface area contributed by atoms with Crippen LogP contribution in [-0.2, 0) is 14.9 Å². The lowest BCUT2D eigenvalue weighted by atomic mass is 10.4. The van der Waals surface area contributed by atoms with Gasteiger partial charge in [-0.25, -0.2) is 4.79 Å². The Morgan fingerprint density at radius 3 is 1.17 bits per heavy atom. The van der Waals surface area contributed by atoms with E-state index in [1.165, 1.54) is 39.8 Å². The second-order valence-corrected chi connectivity index (χ2v) is 7.30. The van der Waals surface area contributed by atoms with E-state index in [1.54, 1.807) is 0 Å². The Hall–Kier alpha value is -0.960. The quantitative estimate of drug-likeness (QED) is 0.547. The Morgan fingerprint density at radius 2 is 1.17 bits per heavy atom. The maximum atomic E-state index is 9.60. The van der Waals surface area contributed by atoms with Gasteiger partial charge in [0.2, 0.25) is 0 Å². The molecule has 0 amide bonds. The molecule has 0 rings (SSSR count). The van der Waals surface area contributed by atoms with Crippen molar-refractivity contribution in [3.63, 3.8) is 0 Å². The molecule has 0 aliphatic heterocycles. The third-order valence-corrected chi connectivity index (χ3v) is 2.80. The van der Waals surface area contributed by atoms with Crippen LogP contribution in [0.1, 0.15) is 40.5 Å². The minimum absolute atomic E-state index is 0.176. The van der Waals surface area contributed by atoms with E-state index in [9.17, 15) is 13.2 Å². The van der Waals surface area contributed by atoms with Crippen LogP contribution in [0.25, 0.3) is 0 Å². The molecule has 0 saturated carbocycles. The molecule has 24 heavy (non-hydrogen) atoms. The topological polar surface area (TPSA) is 98.2 Å². The van der Waals surface area contributed by atoms with Crippen molar-refractivity contribution in [3.8, 4) is 0 Å². The fraction of sp³-hybridized carbons (Fsp3) is 0.812. The van der Waals surface area contributed by atoms with E-state index in [-0.39, 0.29) is 11.3 Å². The second-order valence-electron chi connectivity index (χ2n) is 5.56. The van der Waals surface area contributed by atoms with Gasteiger partial charge in [0.05, 0.1) is 5.75 Å². The molecule has 0 aromatic carbocycles. The third kappa shape index (κ3) is 58.3. The highest BCUT2D eigenvalue weighted by Crippen LogP contribution is 1.81. The van der Waals surface area contributed by atoms with Crippen LogP contribution in [-0.4, -0.2) is 80.9 Å². The van der Waals surface area contributed by atoms with Crippen LogP contribution in [0.4, 0.5) is 0 Å². The molecule has 0 radical (unpaired) electrons. The highest BCUT2D eigenvalue weighted by Gasteiger charge is 1.93. The van der Waals surface area contributed by atoms with E-state index in [0.29, 0.717) is 0 Å². The van der Waals surface area contributed by atoms with Crippen LogP contribution in [0.3, 0.4) is 0 Å². The average molecular weight is 371 g/mol.